The summed E-state index contributed by atoms with van der Waals surface area (Å²) in [5, 5.41) is 9.03. The van der Waals surface area contributed by atoms with E-state index in [1.165, 1.54) is 12.8 Å². The average Bonchev–Trinajstić information content (AvgIpc) is 2.25. The minimum Gasteiger partial charge on any atom is -0.338 e. The van der Waals surface area contributed by atoms with Crippen LogP contribution in [0.15, 0.2) is 0 Å². The molecule has 1 heterocycles. The SMILES string of the molecule is CCCNC(=O)NCC1CCCNC1. The van der Waals surface area contributed by atoms with Crippen LogP contribution in [0.5, 0.6) is 0 Å². The zero-order chi connectivity index (χ0) is 10.2. The fourth-order valence-corrected chi connectivity index (χ4v) is 1.64. The van der Waals surface area contributed by atoms with Gasteiger partial charge < -0.3 is 16.0 Å². The van der Waals surface area contributed by atoms with Crippen molar-refractivity contribution in [1.82, 2.24) is 16.0 Å². The van der Waals surface area contributed by atoms with Gasteiger partial charge in [-0.05, 0) is 38.3 Å². The maximum absolute atomic E-state index is 11.2. The Morgan fingerprint density at radius 2 is 2.36 bits per heavy atom. The van der Waals surface area contributed by atoms with E-state index in [1.54, 1.807) is 0 Å². The molecule has 2 amide bonds. The molecule has 14 heavy (non-hydrogen) atoms. The molecule has 0 saturated carbocycles. The first-order chi connectivity index (χ1) is 6.83. The summed E-state index contributed by atoms with van der Waals surface area (Å²) >= 11 is 0. The summed E-state index contributed by atoms with van der Waals surface area (Å²) in [4.78, 5) is 11.2. The Kier molecular flexibility index (Phi) is 5.37. The zero-order valence-electron chi connectivity index (χ0n) is 8.94. The van der Waals surface area contributed by atoms with Crippen LogP contribution in [0, 0.1) is 5.92 Å². The average molecular weight is 199 g/mol. The molecule has 0 radical (unpaired) electrons. The molecular weight excluding hydrogens is 178 g/mol. The molecule has 0 aromatic rings. The van der Waals surface area contributed by atoms with Crippen LogP contribution in [0.4, 0.5) is 4.79 Å². The van der Waals surface area contributed by atoms with E-state index >= 15 is 0 Å². The van der Waals surface area contributed by atoms with Gasteiger partial charge in [0.05, 0.1) is 0 Å². The van der Waals surface area contributed by atoms with Crippen LogP contribution in [-0.4, -0.2) is 32.2 Å². The standard InChI is InChI=1S/C10H21N3O/c1-2-5-12-10(14)13-8-9-4-3-6-11-7-9/h9,11H,2-8H2,1H3,(H2,12,13,14). The molecular formula is C10H21N3O. The van der Waals surface area contributed by atoms with Crippen molar-refractivity contribution in [2.45, 2.75) is 26.2 Å². The highest BCUT2D eigenvalue weighted by Gasteiger charge is 2.13. The second-order valence-corrected chi connectivity index (χ2v) is 3.85. The van der Waals surface area contributed by atoms with Crippen molar-refractivity contribution >= 4 is 6.03 Å². The Morgan fingerprint density at radius 1 is 1.50 bits per heavy atom. The third-order valence-corrected chi connectivity index (χ3v) is 2.49. The number of amides is 2. The van der Waals surface area contributed by atoms with E-state index in [1.807, 2.05) is 6.92 Å². The van der Waals surface area contributed by atoms with E-state index < -0.39 is 0 Å². The first-order valence-corrected chi connectivity index (χ1v) is 5.55. The van der Waals surface area contributed by atoms with E-state index in [2.05, 4.69) is 16.0 Å². The number of carbonyl (C=O) groups is 1. The maximum Gasteiger partial charge on any atom is 0.314 e. The molecule has 3 N–H and O–H groups in total. The van der Waals surface area contributed by atoms with E-state index in [-0.39, 0.29) is 6.03 Å². The Bertz CT molecular complexity index is 167. The van der Waals surface area contributed by atoms with Crippen molar-refractivity contribution < 1.29 is 4.79 Å². The maximum atomic E-state index is 11.2. The summed E-state index contributed by atoms with van der Waals surface area (Å²) < 4.78 is 0. The van der Waals surface area contributed by atoms with Gasteiger partial charge in [-0.25, -0.2) is 4.79 Å². The van der Waals surface area contributed by atoms with Crippen LogP contribution >= 0.6 is 0 Å². The molecule has 82 valence electrons. The monoisotopic (exact) mass is 199 g/mol. The van der Waals surface area contributed by atoms with Gasteiger partial charge in [-0.3, -0.25) is 0 Å². The van der Waals surface area contributed by atoms with Crippen molar-refractivity contribution in [3.63, 3.8) is 0 Å². The molecule has 1 aliphatic heterocycles. The lowest BCUT2D eigenvalue weighted by Gasteiger charge is -2.22. The number of hydrogen-bond acceptors (Lipinski definition) is 2. The van der Waals surface area contributed by atoms with Gasteiger partial charge in [0.15, 0.2) is 0 Å². The van der Waals surface area contributed by atoms with Crippen LogP contribution in [0.3, 0.4) is 0 Å². The Balaban J connectivity index is 2.03. The van der Waals surface area contributed by atoms with Crippen molar-refractivity contribution in [2.75, 3.05) is 26.2 Å². The van der Waals surface area contributed by atoms with Gasteiger partial charge in [-0.1, -0.05) is 6.92 Å². The second-order valence-electron chi connectivity index (χ2n) is 3.85. The molecule has 0 aromatic heterocycles. The quantitative estimate of drug-likeness (QED) is 0.624. The Hall–Kier alpha value is -0.770. The number of urea groups is 1. The number of carbonyl (C=O) groups excluding carboxylic acids is 1. The zero-order valence-corrected chi connectivity index (χ0v) is 8.94. The lowest BCUT2D eigenvalue weighted by molar-refractivity contribution is 0.237. The van der Waals surface area contributed by atoms with E-state index in [9.17, 15) is 4.79 Å². The normalized spacial score (nSPS) is 21.6. The Labute approximate surface area is 85.8 Å². The number of piperidine rings is 1. The molecule has 1 rings (SSSR count). The van der Waals surface area contributed by atoms with Crippen LogP contribution < -0.4 is 16.0 Å². The highest BCUT2D eigenvalue weighted by Crippen LogP contribution is 2.07. The van der Waals surface area contributed by atoms with Crippen molar-refractivity contribution in [2.24, 2.45) is 5.92 Å². The summed E-state index contributed by atoms with van der Waals surface area (Å²) in [5.41, 5.74) is 0. The first-order valence-electron chi connectivity index (χ1n) is 5.55. The molecule has 0 spiro atoms. The molecule has 0 bridgehead atoms. The minimum atomic E-state index is -0.0302. The van der Waals surface area contributed by atoms with Gasteiger partial charge in [-0.15, -0.1) is 0 Å². The third kappa shape index (κ3) is 4.46. The highest BCUT2D eigenvalue weighted by molar-refractivity contribution is 5.73. The van der Waals surface area contributed by atoms with Gasteiger partial charge >= 0.3 is 6.03 Å². The predicted octanol–water partition coefficient (Wildman–Crippen LogP) is 0.695. The molecule has 0 aromatic carbocycles. The fraction of sp³-hybridized carbons (Fsp3) is 0.900. The summed E-state index contributed by atoms with van der Waals surface area (Å²) in [6.07, 6.45) is 3.43. The van der Waals surface area contributed by atoms with Gasteiger partial charge in [0.25, 0.3) is 0 Å². The number of nitrogens with one attached hydrogen (secondary N) is 3. The number of rotatable bonds is 4. The molecule has 1 aliphatic rings. The first kappa shape index (κ1) is 11.3. The Morgan fingerprint density at radius 3 is 3.00 bits per heavy atom. The third-order valence-electron chi connectivity index (χ3n) is 2.49. The molecule has 0 aliphatic carbocycles. The van der Waals surface area contributed by atoms with Gasteiger partial charge in [-0.2, -0.15) is 0 Å². The van der Waals surface area contributed by atoms with Crippen molar-refractivity contribution in [3.8, 4) is 0 Å². The van der Waals surface area contributed by atoms with Crippen LogP contribution in [-0.2, 0) is 0 Å². The number of hydrogen-bond donors (Lipinski definition) is 3. The lowest BCUT2D eigenvalue weighted by Crippen LogP contribution is -2.42. The lowest BCUT2D eigenvalue weighted by atomic mass is 10.00. The van der Waals surface area contributed by atoms with Gasteiger partial charge in [0.1, 0.15) is 0 Å². The van der Waals surface area contributed by atoms with E-state index in [0.29, 0.717) is 5.92 Å². The topological polar surface area (TPSA) is 53.2 Å². The highest BCUT2D eigenvalue weighted by atomic mass is 16.2. The van der Waals surface area contributed by atoms with Gasteiger partial charge in [0, 0.05) is 13.1 Å². The summed E-state index contributed by atoms with van der Waals surface area (Å²) in [5.74, 6) is 0.608. The second kappa shape index (κ2) is 6.65. The van der Waals surface area contributed by atoms with Crippen LogP contribution in [0.1, 0.15) is 26.2 Å². The minimum absolute atomic E-state index is 0.0302. The van der Waals surface area contributed by atoms with Crippen molar-refractivity contribution in [1.29, 1.82) is 0 Å². The molecule has 4 heteroatoms. The van der Waals surface area contributed by atoms with Crippen LogP contribution in [0.2, 0.25) is 0 Å². The van der Waals surface area contributed by atoms with E-state index in [0.717, 1.165) is 32.6 Å². The fourth-order valence-electron chi connectivity index (χ4n) is 1.64. The molecule has 1 atom stereocenters. The van der Waals surface area contributed by atoms with E-state index in [4.69, 9.17) is 0 Å². The van der Waals surface area contributed by atoms with Gasteiger partial charge in [0.2, 0.25) is 0 Å². The van der Waals surface area contributed by atoms with Crippen molar-refractivity contribution in [3.05, 3.63) is 0 Å². The smallest absolute Gasteiger partial charge is 0.314 e. The molecule has 1 saturated heterocycles. The summed E-state index contributed by atoms with van der Waals surface area (Å²) in [6, 6.07) is -0.0302. The predicted molar refractivity (Wildman–Crippen MR) is 57.3 cm³/mol. The summed E-state index contributed by atoms with van der Waals surface area (Å²) in [6.45, 7) is 5.76. The molecule has 4 nitrogen and oxygen atoms in total. The molecule has 1 fully saturated rings. The molecule has 1 unspecified atom stereocenters. The largest absolute Gasteiger partial charge is 0.338 e. The summed E-state index contributed by atoms with van der Waals surface area (Å²) in [7, 11) is 0. The van der Waals surface area contributed by atoms with Crippen LogP contribution in [0.25, 0.3) is 0 Å².